The molecule has 18 heavy (non-hydrogen) atoms. The Labute approximate surface area is 110 Å². The predicted molar refractivity (Wildman–Crippen MR) is 71.1 cm³/mol. The van der Waals surface area contributed by atoms with Crippen molar-refractivity contribution in [3.8, 4) is 0 Å². The van der Waals surface area contributed by atoms with Crippen molar-refractivity contribution >= 4 is 5.91 Å². The van der Waals surface area contributed by atoms with Gasteiger partial charge in [0.1, 0.15) is 0 Å². The zero-order chi connectivity index (χ0) is 13.0. The number of quaternary nitrogens is 1. The summed E-state index contributed by atoms with van der Waals surface area (Å²) < 4.78 is 0. The van der Waals surface area contributed by atoms with E-state index >= 15 is 0 Å². The number of piperidine rings is 2. The SMILES string of the molecule is CC12CCC(C([NH+]3CCCCC3)NC1=O)C2(C)C. The third-order valence-corrected chi connectivity index (χ3v) is 6.43. The van der Waals surface area contributed by atoms with Gasteiger partial charge in [-0.05, 0) is 37.5 Å². The molecular formula is C15H27N2O+. The molecule has 3 unspecified atom stereocenters. The minimum atomic E-state index is -0.136. The summed E-state index contributed by atoms with van der Waals surface area (Å²) in [6, 6.07) is 0. The molecule has 0 spiro atoms. The van der Waals surface area contributed by atoms with E-state index < -0.39 is 0 Å². The molecular weight excluding hydrogens is 224 g/mol. The summed E-state index contributed by atoms with van der Waals surface area (Å²) in [5.41, 5.74) is 0.0217. The van der Waals surface area contributed by atoms with E-state index in [1.165, 1.54) is 38.8 Å². The van der Waals surface area contributed by atoms with E-state index in [2.05, 4.69) is 26.1 Å². The standard InChI is InChI=1S/C15H26N2O/c1-14(2)11-7-8-15(14,3)13(18)16-12(11)17-9-5-4-6-10-17/h11-12H,4-10H2,1-3H3,(H,16,18)/p+1. The van der Waals surface area contributed by atoms with Crippen LogP contribution in [-0.4, -0.2) is 25.2 Å². The van der Waals surface area contributed by atoms with Crippen molar-refractivity contribution in [1.82, 2.24) is 5.32 Å². The fourth-order valence-electron chi connectivity index (χ4n) is 4.63. The molecule has 3 heteroatoms. The van der Waals surface area contributed by atoms with Crippen molar-refractivity contribution in [2.24, 2.45) is 16.7 Å². The lowest BCUT2D eigenvalue weighted by Crippen LogP contribution is -3.19. The van der Waals surface area contributed by atoms with E-state index in [-0.39, 0.29) is 10.8 Å². The molecule has 0 radical (unpaired) electrons. The van der Waals surface area contributed by atoms with Crippen molar-refractivity contribution in [1.29, 1.82) is 0 Å². The Morgan fingerprint density at radius 3 is 2.50 bits per heavy atom. The smallest absolute Gasteiger partial charge is 0.230 e. The van der Waals surface area contributed by atoms with Crippen LogP contribution in [0.15, 0.2) is 0 Å². The third kappa shape index (κ3) is 1.49. The molecule has 2 saturated heterocycles. The van der Waals surface area contributed by atoms with Crippen molar-refractivity contribution in [2.75, 3.05) is 13.1 Å². The Bertz CT molecular complexity index is 360. The van der Waals surface area contributed by atoms with Crippen molar-refractivity contribution in [2.45, 2.75) is 59.0 Å². The molecule has 1 saturated carbocycles. The molecule has 3 rings (SSSR count). The molecule has 3 aliphatic rings. The summed E-state index contributed by atoms with van der Waals surface area (Å²) >= 11 is 0. The highest BCUT2D eigenvalue weighted by Crippen LogP contribution is 2.58. The van der Waals surface area contributed by atoms with Crippen LogP contribution in [0.4, 0.5) is 0 Å². The van der Waals surface area contributed by atoms with E-state index in [1.54, 1.807) is 4.90 Å². The Morgan fingerprint density at radius 1 is 1.17 bits per heavy atom. The highest BCUT2D eigenvalue weighted by molar-refractivity contribution is 5.85. The number of carbonyl (C=O) groups is 1. The maximum atomic E-state index is 12.5. The summed E-state index contributed by atoms with van der Waals surface area (Å²) in [7, 11) is 0. The van der Waals surface area contributed by atoms with Gasteiger partial charge >= 0.3 is 0 Å². The maximum absolute atomic E-state index is 12.5. The van der Waals surface area contributed by atoms with Gasteiger partial charge in [-0.25, -0.2) is 0 Å². The number of carbonyl (C=O) groups excluding carboxylic acids is 1. The number of fused-ring (bicyclic) bond motifs is 2. The molecule has 0 aromatic carbocycles. The second-order valence-corrected chi connectivity index (χ2v) is 7.37. The zero-order valence-corrected chi connectivity index (χ0v) is 12.0. The van der Waals surface area contributed by atoms with Crippen LogP contribution in [0.2, 0.25) is 0 Å². The van der Waals surface area contributed by atoms with Crippen LogP contribution < -0.4 is 10.2 Å². The van der Waals surface area contributed by atoms with Crippen LogP contribution in [0.5, 0.6) is 0 Å². The van der Waals surface area contributed by atoms with E-state index in [0.717, 1.165) is 6.42 Å². The fourth-order valence-corrected chi connectivity index (χ4v) is 4.63. The number of hydrogen-bond acceptors (Lipinski definition) is 1. The van der Waals surface area contributed by atoms with Gasteiger partial charge in [-0.3, -0.25) is 4.79 Å². The summed E-state index contributed by atoms with van der Waals surface area (Å²) in [5, 5.41) is 3.37. The van der Waals surface area contributed by atoms with Crippen LogP contribution in [0.3, 0.4) is 0 Å². The number of nitrogens with one attached hydrogen (secondary N) is 2. The van der Waals surface area contributed by atoms with Gasteiger partial charge in [0.15, 0.2) is 6.17 Å². The minimum absolute atomic E-state index is 0.136. The first-order valence-electron chi connectivity index (χ1n) is 7.62. The van der Waals surface area contributed by atoms with Crippen molar-refractivity contribution < 1.29 is 9.69 Å². The molecule has 2 aliphatic heterocycles. The van der Waals surface area contributed by atoms with Crippen LogP contribution in [0.1, 0.15) is 52.9 Å². The first-order valence-corrected chi connectivity index (χ1v) is 7.62. The molecule has 102 valence electrons. The minimum Gasteiger partial charge on any atom is -0.315 e. The molecule has 3 nitrogen and oxygen atoms in total. The molecule has 3 fully saturated rings. The molecule has 0 aromatic rings. The van der Waals surface area contributed by atoms with E-state index in [9.17, 15) is 4.79 Å². The molecule has 1 aliphatic carbocycles. The molecule has 3 atom stereocenters. The number of rotatable bonds is 1. The molecule has 2 heterocycles. The topological polar surface area (TPSA) is 33.5 Å². The quantitative estimate of drug-likeness (QED) is 0.715. The van der Waals surface area contributed by atoms with Crippen LogP contribution in [0, 0.1) is 16.7 Å². The fraction of sp³-hybridized carbons (Fsp3) is 0.933. The van der Waals surface area contributed by atoms with Crippen LogP contribution in [0.25, 0.3) is 0 Å². The third-order valence-electron chi connectivity index (χ3n) is 6.43. The van der Waals surface area contributed by atoms with Gasteiger partial charge in [0, 0.05) is 5.92 Å². The zero-order valence-electron chi connectivity index (χ0n) is 12.0. The monoisotopic (exact) mass is 251 g/mol. The van der Waals surface area contributed by atoms with E-state index in [4.69, 9.17) is 0 Å². The highest BCUT2D eigenvalue weighted by Gasteiger charge is 2.63. The highest BCUT2D eigenvalue weighted by atomic mass is 16.2. The van der Waals surface area contributed by atoms with Gasteiger partial charge in [-0.2, -0.15) is 0 Å². The van der Waals surface area contributed by atoms with Gasteiger partial charge in [0.2, 0.25) is 5.91 Å². The summed E-state index contributed by atoms with van der Waals surface area (Å²) in [4.78, 5) is 14.2. The summed E-state index contributed by atoms with van der Waals surface area (Å²) in [5.74, 6) is 0.970. The van der Waals surface area contributed by atoms with Gasteiger partial charge in [0.25, 0.3) is 0 Å². The average molecular weight is 251 g/mol. The number of likely N-dealkylation sites (tertiary alicyclic amines) is 1. The second kappa shape index (κ2) is 3.96. The normalized spacial score (nSPS) is 43.8. The largest absolute Gasteiger partial charge is 0.315 e. The molecule has 1 amide bonds. The van der Waals surface area contributed by atoms with Gasteiger partial charge in [0.05, 0.1) is 18.5 Å². The van der Waals surface area contributed by atoms with Crippen LogP contribution >= 0.6 is 0 Å². The summed E-state index contributed by atoms with van der Waals surface area (Å²) in [6.07, 6.45) is 6.69. The molecule has 0 aromatic heterocycles. The van der Waals surface area contributed by atoms with Gasteiger partial charge in [-0.1, -0.05) is 20.8 Å². The van der Waals surface area contributed by atoms with Crippen molar-refractivity contribution in [3.63, 3.8) is 0 Å². The predicted octanol–water partition coefficient (Wildman–Crippen LogP) is 0.954. The Hall–Kier alpha value is -0.570. The lowest BCUT2D eigenvalue weighted by Gasteiger charge is -2.49. The lowest BCUT2D eigenvalue weighted by atomic mass is 9.62. The number of amides is 1. The Balaban J connectivity index is 1.88. The average Bonchev–Trinajstić information content (AvgIpc) is 2.51. The van der Waals surface area contributed by atoms with E-state index in [0.29, 0.717) is 18.0 Å². The second-order valence-electron chi connectivity index (χ2n) is 7.37. The molecule has 2 bridgehead atoms. The maximum Gasteiger partial charge on any atom is 0.230 e. The lowest BCUT2D eigenvalue weighted by molar-refractivity contribution is -0.937. The van der Waals surface area contributed by atoms with Crippen LogP contribution in [-0.2, 0) is 4.79 Å². The first-order chi connectivity index (χ1) is 8.47. The van der Waals surface area contributed by atoms with Crippen molar-refractivity contribution in [3.05, 3.63) is 0 Å². The first kappa shape index (κ1) is 12.5. The van der Waals surface area contributed by atoms with E-state index in [1.807, 2.05) is 0 Å². The summed E-state index contributed by atoms with van der Waals surface area (Å²) in [6.45, 7) is 9.30. The van der Waals surface area contributed by atoms with Gasteiger partial charge < -0.3 is 10.2 Å². The van der Waals surface area contributed by atoms with Gasteiger partial charge in [-0.15, -0.1) is 0 Å². The number of hydrogen-bond donors (Lipinski definition) is 2. The molecule has 2 N–H and O–H groups in total. The Morgan fingerprint density at radius 2 is 1.83 bits per heavy atom. The Kier molecular flexibility index (Phi) is 2.74.